The van der Waals surface area contributed by atoms with Crippen molar-refractivity contribution < 1.29 is 4.79 Å². The fourth-order valence-electron chi connectivity index (χ4n) is 1.10. The number of amides is 1. The van der Waals surface area contributed by atoms with Crippen LogP contribution < -0.4 is 5.32 Å². The van der Waals surface area contributed by atoms with Gasteiger partial charge in [-0.2, -0.15) is 5.10 Å². The molecule has 2 aromatic heterocycles. The number of carbonyl (C=O) groups is 1. The predicted molar refractivity (Wildman–Crippen MR) is 56.8 cm³/mol. The van der Waals surface area contributed by atoms with Crippen molar-refractivity contribution in [3.63, 3.8) is 0 Å². The van der Waals surface area contributed by atoms with Crippen LogP contribution in [0.4, 0.5) is 5.69 Å². The highest BCUT2D eigenvalue weighted by Gasteiger charge is 2.09. The second-order valence-corrected chi connectivity index (χ2v) is 3.11. The fraction of sp³-hybridized carbons (Fsp3) is 0.100. The molecule has 0 bridgehead atoms. The van der Waals surface area contributed by atoms with Crippen molar-refractivity contribution in [2.24, 2.45) is 0 Å². The van der Waals surface area contributed by atoms with E-state index >= 15 is 0 Å². The molecule has 6 heteroatoms. The lowest BCUT2D eigenvalue weighted by Crippen LogP contribution is -2.16. The minimum Gasteiger partial charge on any atom is -0.319 e. The van der Waals surface area contributed by atoms with E-state index < -0.39 is 0 Å². The van der Waals surface area contributed by atoms with Gasteiger partial charge in [-0.05, 0) is 19.1 Å². The minimum atomic E-state index is -0.387. The first-order valence-corrected chi connectivity index (χ1v) is 4.63. The molecule has 0 spiro atoms. The van der Waals surface area contributed by atoms with Crippen LogP contribution in [0.5, 0.6) is 0 Å². The number of rotatable bonds is 2. The molecule has 0 aliphatic carbocycles. The smallest absolute Gasteiger partial charge is 0.295 e. The Morgan fingerprint density at radius 3 is 2.75 bits per heavy atom. The van der Waals surface area contributed by atoms with Crippen LogP contribution in [0.2, 0.25) is 0 Å². The molecule has 0 fully saturated rings. The van der Waals surface area contributed by atoms with Gasteiger partial charge in [0.25, 0.3) is 5.91 Å². The Hall–Kier alpha value is -2.37. The number of hydrogen-bond donors (Lipinski definition) is 1. The van der Waals surface area contributed by atoms with Crippen molar-refractivity contribution in [3.05, 3.63) is 42.2 Å². The van der Waals surface area contributed by atoms with Crippen LogP contribution in [0.1, 0.15) is 16.3 Å². The molecular weight excluding hydrogens is 206 g/mol. The van der Waals surface area contributed by atoms with Gasteiger partial charge in [0, 0.05) is 18.1 Å². The summed E-state index contributed by atoms with van der Waals surface area (Å²) in [7, 11) is 0. The van der Waals surface area contributed by atoms with Crippen LogP contribution in [-0.2, 0) is 0 Å². The van der Waals surface area contributed by atoms with Gasteiger partial charge in [0.05, 0.1) is 11.9 Å². The number of hydrogen-bond acceptors (Lipinski definition) is 5. The monoisotopic (exact) mass is 215 g/mol. The van der Waals surface area contributed by atoms with Crippen LogP contribution in [0.3, 0.4) is 0 Å². The highest BCUT2D eigenvalue weighted by molar-refractivity contribution is 6.01. The maximum absolute atomic E-state index is 11.7. The van der Waals surface area contributed by atoms with Crippen molar-refractivity contribution in [1.82, 2.24) is 20.2 Å². The van der Waals surface area contributed by atoms with Gasteiger partial charge in [-0.15, -0.1) is 5.10 Å². The number of nitrogens with one attached hydrogen (secondary N) is 1. The second kappa shape index (κ2) is 4.43. The average Bonchev–Trinajstić information content (AvgIpc) is 2.30. The summed E-state index contributed by atoms with van der Waals surface area (Å²) in [5.74, 6) is -0.334. The largest absolute Gasteiger partial charge is 0.319 e. The van der Waals surface area contributed by atoms with Crippen LogP contribution >= 0.6 is 0 Å². The molecule has 2 heterocycles. The summed E-state index contributed by atoms with van der Waals surface area (Å²) >= 11 is 0. The minimum absolute atomic E-state index is 0.0526. The Balaban J connectivity index is 2.15. The number of anilines is 1. The third kappa shape index (κ3) is 2.35. The SMILES string of the molecule is Cc1cnnc(C(=O)Nc2ccncc2)n1. The van der Waals surface area contributed by atoms with Crippen LogP contribution in [-0.4, -0.2) is 26.1 Å². The summed E-state index contributed by atoms with van der Waals surface area (Å²) < 4.78 is 0. The lowest BCUT2D eigenvalue weighted by Gasteiger charge is -2.02. The molecule has 0 saturated heterocycles. The Kier molecular flexibility index (Phi) is 2.81. The van der Waals surface area contributed by atoms with E-state index in [1.54, 1.807) is 31.5 Å². The van der Waals surface area contributed by atoms with E-state index in [4.69, 9.17) is 0 Å². The first kappa shape index (κ1) is 10.2. The van der Waals surface area contributed by atoms with Crippen molar-refractivity contribution in [3.8, 4) is 0 Å². The molecule has 1 amide bonds. The quantitative estimate of drug-likeness (QED) is 0.802. The topological polar surface area (TPSA) is 80.7 Å². The van der Waals surface area contributed by atoms with E-state index in [0.717, 1.165) is 0 Å². The van der Waals surface area contributed by atoms with E-state index in [1.165, 1.54) is 6.20 Å². The van der Waals surface area contributed by atoms with Crippen molar-refractivity contribution >= 4 is 11.6 Å². The number of aromatic nitrogens is 4. The Morgan fingerprint density at radius 2 is 2.06 bits per heavy atom. The van der Waals surface area contributed by atoms with Crippen LogP contribution in [0, 0.1) is 6.92 Å². The van der Waals surface area contributed by atoms with Gasteiger partial charge in [0.1, 0.15) is 0 Å². The highest BCUT2D eigenvalue weighted by atomic mass is 16.2. The average molecular weight is 215 g/mol. The summed E-state index contributed by atoms with van der Waals surface area (Å²) in [5, 5.41) is 9.95. The molecule has 6 nitrogen and oxygen atoms in total. The van der Waals surface area contributed by atoms with Gasteiger partial charge in [0.15, 0.2) is 0 Å². The third-order valence-corrected chi connectivity index (χ3v) is 1.82. The summed E-state index contributed by atoms with van der Waals surface area (Å²) in [6.07, 6.45) is 4.67. The number of aryl methyl sites for hydroxylation is 1. The molecule has 2 aromatic rings. The van der Waals surface area contributed by atoms with E-state index in [1.807, 2.05) is 0 Å². The van der Waals surface area contributed by atoms with Crippen molar-refractivity contribution in [2.45, 2.75) is 6.92 Å². The zero-order chi connectivity index (χ0) is 11.4. The van der Waals surface area contributed by atoms with Gasteiger partial charge < -0.3 is 5.32 Å². The van der Waals surface area contributed by atoms with E-state index in [0.29, 0.717) is 11.4 Å². The molecule has 2 rings (SSSR count). The molecule has 0 unspecified atom stereocenters. The molecule has 0 atom stereocenters. The Bertz CT molecular complexity index is 500. The molecule has 1 N–H and O–H groups in total. The van der Waals surface area contributed by atoms with Gasteiger partial charge >= 0.3 is 0 Å². The Morgan fingerprint density at radius 1 is 1.31 bits per heavy atom. The maximum Gasteiger partial charge on any atom is 0.295 e. The summed E-state index contributed by atoms with van der Waals surface area (Å²) in [5.41, 5.74) is 1.29. The second-order valence-electron chi connectivity index (χ2n) is 3.11. The zero-order valence-corrected chi connectivity index (χ0v) is 8.58. The molecule has 80 valence electrons. The fourth-order valence-corrected chi connectivity index (χ4v) is 1.10. The van der Waals surface area contributed by atoms with E-state index in [-0.39, 0.29) is 11.7 Å². The highest BCUT2D eigenvalue weighted by Crippen LogP contribution is 2.04. The summed E-state index contributed by atoms with van der Waals surface area (Å²) in [4.78, 5) is 19.5. The van der Waals surface area contributed by atoms with Gasteiger partial charge in [-0.1, -0.05) is 0 Å². The maximum atomic E-state index is 11.7. The van der Waals surface area contributed by atoms with Crippen LogP contribution in [0.15, 0.2) is 30.7 Å². The predicted octanol–water partition coefficient (Wildman–Crippen LogP) is 0.827. The standard InChI is InChI=1S/C10H9N5O/c1-7-6-12-15-9(13-7)10(16)14-8-2-4-11-5-3-8/h2-6H,1H3,(H,11,14,16). The molecule has 0 radical (unpaired) electrons. The molecule has 16 heavy (non-hydrogen) atoms. The Labute approximate surface area is 91.8 Å². The summed E-state index contributed by atoms with van der Waals surface area (Å²) in [6, 6.07) is 3.36. The van der Waals surface area contributed by atoms with Gasteiger partial charge in [-0.3, -0.25) is 9.78 Å². The number of pyridine rings is 1. The number of carbonyl (C=O) groups excluding carboxylic acids is 1. The number of nitrogens with zero attached hydrogens (tertiary/aromatic N) is 4. The van der Waals surface area contributed by atoms with Crippen molar-refractivity contribution in [1.29, 1.82) is 0 Å². The van der Waals surface area contributed by atoms with Gasteiger partial charge in [0.2, 0.25) is 5.82 Å². The molecule has 0 aromatic carbocycles. The normalized spacial score (nSPS) is 9.81. The molecule has 0 aliphatic rings. The van der Waals surface area contributed by atoms with E-state index in [2.05, 4.69) is 25.5 Å². The molecular formula is C10H9N5O. The first-order valence-electron chi connectivity index (χ1n) is 4.63. The first-order chi connectivity index (χ1) is 7.75. The molecule has 0 aliphatic heterocycles. The molecule has 0 saturated carbocycles. The lowest BCUT2D eigenvalue weighted by molar-refractivity contribution is 0.101. The summed E-state index contributed by atoms with van der Waals surface area (Å²) in [6.45, 7) is 1.75. The van der Waals surface area contributed by atoms with Crippen molar-refractivity contribution in [2.75, 3.05) is 5.32 Å². The van der Waals surface area contributed by atoms with E-state index in [9.17, 15) is 4.79 Å². The van der Waals surface area contributed by atoms with Crippen LogP contribution in [0.25, 0.3) is 0 Å². The lowest BCUT2D eigenvalue weighted by atomic mass is 10.4. The third-order valence-electron chi connectivity index (χ3n) is 1.82. The zero-order valence-electron chi connectivity index (χ0n) is 8.58. The van der Waals surface area contributed by atoms with Gasteiger partial charge in [-0.25, -0.2) is 4.98 Å².